The van der Waals surface area contributed by atoms with Gasteiger partial charge in [-0.05, 0) is 42.2 Å². The van der Waals surface area contributed by atoms with Crippen LogP contribution in [0.1, 0.15) is 28.3 Å². The van der Waals surface area contributed by atoms with Crippen LogP contribution in [0.5, 0.6) is 11.5 Å². The summed E-state index contributed by atoms with van der Waals surface area (Å²) in [5.41, 5.74) is 0.847. The molecule has 2 aromatic rings. The highest BCUT2D eigenvalue weighted by atomic mass is 35.5. The number of ether oxygens (including phenoxy) is 3. The van der Waals surface area contributed by atoms with Gasteiger partial charge in [0, 0.05) is 17.1 Å². The van der Waals surface area contributed by atoms with Crippen molar-refractivity contribution in [2.75, 3.05) is 21.3 Å². The summed E-state index contributed by atoms with van der Waals surface area (Å²) in [6.07, 6.45) is 4.13. The first kappa shape index (κ1) is 22.6. The minimum Gasteiger partial charge on any atom is -0.497 e. The Morgan fingerprint density at radius 3 is 2.52 bits per heavy atom. The average Bonchev–Trinajstić information content (AvgIpc) is 3.22. The Morgan fingerprint density at radius 2 is 1.87 bits per heavy atom. The van der Waals surface area contributed by atoms with Crippen LogP contribution in [0.15, 0.2) is 48.6 Å². The van der Waals surface area contributed by atoms with Crippen LogP contribution in [0, 0.1) is 11.7 Å². The zero-order chi connectivity index (χ0) is 22.5. The summed E-state index contributed by atoms with van der Waals surface area (Å²) in [7, 11) is 4.30. The second kappa shape index (κ2) is 9.83. The molecule has 0 aliphatic heterocycles. The number of carbonyl (C=O) groups excluding carboxylic acids is 2. The van der Waals surface area contributed by atoms with Crippen molar-refractivity contribution in [1.82, 2.24) is 5.32 Å². The van der Waals surface area contributed by atoms with E-state index in [-0.39, 0.29) is 22.9 Å². The highest BCUT2D eigenvalue weighted by molar-refractivity contribution is 6.31. The van der Waals surface area contributed by atoms with E-state index in [4.69, 9.17) is 25.8 Å². The maximum absolute atomic E-state index is 13.5. The van der Waals surface area contributed by atoms with Crippen molar-refractivity contribution in [3.05, 3.63) is 70.5 Å². The van der Waals surface area contributed by atoms with Gasteiger partial charge >= 0.3 is 5.97 Å². The third-order valence-corrected chi connectivity index (χ3v) is 5.59. The van der Waals surface area contributed by atoms with Crippen molar-refractivity contribution in [3.8, 4) is 11.5 Å². The number of halogens is 2. The molecule has 1 aliphatic rings. The summed E-state index contributed by atoms with van der Waals surface area (Å²) < 4.78 is 28.9. The van der Waals surface area contributed by atoms with Gasteiger partial charge in [0.1, 0.15) is 17.3 Å². The van der Waals surface area contributed by atoms with Gasteiger partial charge in [0.25, 0.3) is 5.91 Å². The Morgan fingerprint density at radius 1 is 1.10 bits per heavy atom. The molecular formula is C23H23ClFNO5. The van der Waals surface area contributed by atoms with E-state index in [2.05, 4.69) is 5.32 Å². The quantitative estimate of drug-likeness (QED) is 0.510. The molecule has 0 saturated heterocycles. The number of nitrogens with one attached hydrogen (secondary N) is 1. The van der Waals surface area contributed by atoms with Crippen LogP contribution in [0.2, 0.25) is 5.02 Å². The van der Waals surface area contributed by atoms with Crippen LogP contribution in [-0.2, 0) is 9.53 Å². The van der Waals surface area contributed by atoms with Crippen molar-refractivity contribution < 1.29 is 28.2 Å². The SMILES string of the molecule is COC(=O)[C@H](c1ccc(F)cc1Cl)[C@H]1C=C[C@@H](NC(=O)c2ccc(OC)cc2OC)C1. The smallest absolute Gasteiger partial charge is 0.313 e. The zero-order valence-electron chi connectivity index (χ0n) is 17.4. The van der Waals surface area contributed by atoms with Crippen LogP contribution in [0.25, 0.3) is 0 Å². The van der Waals surface area contributed by atoms with Gasteiger partial charge in [0.15, 0.2) is 0 Å². The molecule has 1 N–H and O–H groups in total. The molecule has 0 radical (unpaired) electrons. The summed E-state index contributed by atoms with van der Waals surface area (Å²) in [5.74, 6) is -1.31. The molecule has 0 heterocycles. The Kier molecular flexibility index (Phi) is 7.17. The molecule has 2 aromatic carbocycles. The summed E-state index contributed by atoms with van der Waals surface area (Å²) in [6, 6.07) is 8.53. The van der Waals surface area contributed by atoms with E-state index in [9.17, 15) is 14.0 Å². The van der Waals surface area contributed by atoms with Gasteiger partial charge in [-0.3, -0.25) is 9.59 Å². The summed E-state index contributed by atoms with van der Waals surface area (Å²) in [5, 5.41) is 3.08. The van der Waals surface area contributed by atoms with Crippen molar-refractivity contribution in [2.45, 2.75) is 18.4 Å². The van der Waals surface area contributed by atoms with Gasteiger partial charge in [-0.15, -0.1) is 0 Å². The average molecular weight is 448 g/mol. The first-order chi connectivity index (χ1) is 14.9. The molecule has 0 bridgehead atoms. The molecule has 6 nitrogen and oxygen atoms in total. The second-order valence-electron chi connectivity index (χ2n) is 7.10. The zero-order valence-corrected chi connectivity index (χ0v) is 18.1. The number of amides is 1. The van der Waals surface area contributed by atoms with Gasteiger partial charge in [-0.25, -0.2) is 4.39 Å². The fraction of sp³-hybridized carbons (Fsp3) is 0.304. The lowest BCUT2D eigenvalue weighted by Crippen LogP contribution is -2.34. The van der Waals surface area contributed by atoms with Gasteiger partial charge in [-0.2, -0.15) is 0 Å². The maximum atomic E-state index is 13.5. The fourth-order valence-corrected chi connectivity index (χ4v) is 4.01. The fourth-order valence-electron chi connectivity index (χ4n) is 3.73. The van der Waals surface area contributed by atoms with Gasteiger partial charge in [0.05, 0.1) is 32.8 Å². The van der Waals surface area contributed by atoms with E-state index in [1.165, 1.54) is 39.5 Å². The van der Waals surface area contributed by atoms with Gasteiger partial charge < -0.3 is 19.5 Å². The summed E-state index contributed by atoms with van der Waals surface area (Å²) in [4.78, 5) is 25.3. The minimum absolute atomic E-state index is 0.152. The molecule has 1 aliphatic carbocycles. The Bertz CT molecular complexity index is 1010. The van der Waals surface area contributed by atoms with Crippen molar-refractivity contribution in [3.63, 3.8) is 0 Å². The van der Waals surface area contributed by atoms with Gasteiger partial charge in [-0.1, -0.05) is 29.8 Å². The lowest BCUT2D eigenvalue weighted by Gasteiger charge is -2.23. The molecule has 164 valence electrons. The standard InChI is InChI=1S/C23H23ClFNO5/c1-29-16-7-9-18(20(12-16)30-2)22(27)26-15-6-4-13(10-15)21(23(28)31-3)17-8-5-14(25)11-19(17)24/h4-9,11-13,15,21H,10H2,1-3H3,(H,26,27)/t13-,15+,21-/m0/s1. The van der Waals surface area contributed by atoms with Crippen LogP contribution in [0.4, 0.5) is 4.39 Å². The van der Waals surface area contributed by atoms with Crippen LogP contribution in [-0.4, -0.2) is 39.2 Å². The Balaban J connectivity index is 1.76. The number of hydrogen-bond donors (Lipinski definition) is 1. The third-order valence-electron chi connectivity index (χ3n) is 5.27. The summed E-state index contributed by atoms with van der Waals surface area (Å²) >= 11 is 6.20. The molecule has 0 spiro atoms. The number of methoxy groups -OCH3 is 3. The lowest BCUT2D eigenvalue weighted by atomic mass is 9.85. The molecule has 0 aromatic heterocycles. The first-order valence-electron chi connectivity index (χ1n) is 9.62. The highest BCUT2D eigenvalue weighted by Gasteiger charge is 2.35. The van der Waals surface area contributed by atoms with Crippen LogP contribution in [0.3, 0.4) is 0 Å². The molecule has 8 heteroatoms. The monoisotopic (exact) mass is 447 g/mol. The molecule has 0 unspecified atom stereocenters. The van der Waals surface area contributed by atoms with Crippen LogP contribution < -0.4 is 14.8 Å². The Labute approximate surface area is 184 Å². The molecular weight excluding hydrogens is 425 g/mol. The molecule has 31 heavy (non-hydrogen) atoms. The Hall–Kier alpha value is -3.06. The maximum Gasteiger partial charge on any atom is 0.313 e. The van der Waals surface area contributed by atoms with E-state index in [0.29, 0.717) is 29.0 Å². The number of esters is 1. The van der Waals surface area contributed by atoms with E-state index in [1.807, 2.05) is 12.2 Å². The van der Waals surface area contributed by atoms with E-state index in [0.717, 1.165) is 0 Å². The number of hydrogen-bond acceptors (Lipinski definition) is 5. The van der Waals surface area contributed by atoms with E-state index in [1.54, 1.807) is 18.2 Å². The van der Waals surface area contributed by atoms with E-state index >= 15 is 0 Å². The molecule has 0 saturated carbocycles. The van der Waals surface area contributed by atoms with Crippen LogP contribution >= 0.6 is 11.6 Å². The molecule has 3 rings (SSSR count). The van der Waals surface area contributed by atoms with Crippen molar-refractivity contribution in [1.29, 1.82) is 0 Å². The number of benzene rings is 2. The number of rotatable bonds is 7. The third kappa shape index (κ3) is 4.99. The minimum atomic E-state index is -0.716. The van der Waals surface area contributed by atoms with Crippen molar-refractivity contribution >= 4 is 23.5 Å². The van der Waals surface area contributed by atoms with Crippen molar-refractivity contribution in [2.24, 2.45) is 5.92 Å². The normalized spacial score (nSPS) is 18.4. The second-order valence-corrected chi connectivity index (χ2v) is 7.50. The van der Waals surface area contributed by atoms with E-state index < -0.39 is 17.7 Å². The molecule has 0 fully saturated rings. The molecule has 3 atom stereocenters. The highest BCUT2D eigenvalue weighted by Crippen LogP contribution is 2.38. The topological polar surface area (TPSA) is 73.9 Å². The number of carbonyl (C=O) groups is 2. The lowest BCUT2D eigenvalue weighted by molar-refractivity contribution is -0.143. The summed E-state index contributed by atoms with van der Waals surface area (Å²) in [6.45, 7) is 0. The van der Waals surface area contributed by atoms with Gasteiger partial charge in [0.2, 0.25) is 0 Å². The number of allylic oxidation sites excluding steroid dienone is 1. The predicted molar refractivity (Wildman–Crippen MR) is 114 cm³/mol. The first-order valence-corrected chi connectivity index (χ1v) is 9.99. The molecule has 1 amide bonds. The largest absolute Gasteiger partial charge is 0.497 e. The predicted octanol–water partition coefficient (Wildman–Crippen LogP) is 4.13.